The molecule has 0 bridgehead atoms. The summed E-state index contributed by atoms with van der Waals surface area (Å²) in [6, 6.07) is 15.8. The van der Waals surface area contributed by atoms with Gasteiger partial charge >= 0.3 is 6.18 Å². The van der Waals surface area contributed by atoms with E-state index in [-0.39, 0.29) is 28.4 Å². The van der Waals surface area contributed by atoms with Gasteiger partial charge in [0.2, 0.25) is 0 Å². The summed E-state index contributed by atoms with van der Waals surface area (Å²) in [6.45, 7) is 1.68. The van der Waals surface area contributed by atoms with E-state index in [1.807, 2.05) is 12.1 Å². The van der Waals surface area contributed by atoms with E-state index in [1.54, 1.807) is 31.2 Å². The molecule has 0 spiro atoms. The Hall–Kier alpha value is -2.98. The monoisotopic (exact) mass is 414 g/mol. The number of carbonyl (C=O) groups is 1. The molecule has 0 saturated carbocycles. The number of halogens is 3. The standard InChI is InChI=1S/C22H17F3N2OS/c1-2-17(28)19-18(14-9-6-10-15(11-14)22(23,24)25)16(12-26)21(27)29-20(19)13-7-4-3-5-8-13/h3-11,18H,2,27H2,1H3. The van der Waals surface area contributed by atoms with Crippen LogP contribution in [0.25, 0.3) is 4.91 Å². The van der Waals surface area contributed by atoms with E-state index in [0.29, 0.717) is 10.5 Å². The highest BCUT2D eigenvalue weighted by Crippen LogP contribution is 2.49. The topological polar surface area (TPSA) is 66.9 Å². The number of nitriles is 1. The fourth-order valence-electron chi connectivity index (χ4n) is 3.27. The van der Waals surface area contributed by atoms with E-state index < -0.39 is 17.7 Å². The largest absolute Gasteiger partial charge is 0.416 e. The number of nitrogens with two attached hydrogens (primary N) is 1. The van der Waals surface area contributed by atoms with E-state index in [4.69, 9.17) is 5.73 Å². The van der Waals surface area contributed by atoms with Crippen LogP contribution < -0.4 is 5.73 Å². The van der Waals surface area contributed by atoms with Crippen LogP contribution in [0.5, 0.6) is 0 Å². The summed E-state index contributed by atoms with van der Waals surface area (Å²) in [5.74, 6) is -1.19. The summed E-state index contributed by atoms with van der Waals surface area (Å²) in [5.41, 5.74) is 6.62. The number of nitrogens with zero attached hydrogens (tertiary/aromatic N) is 1. The van der Waals surface area contributed by atoms with Gasteiger partial charge in [-0.25, -0.2) is 0 Å². The maximum Gasteiger partial charge on any atom is 0.416 e. The number of allylic oxidation sites excluding steroid dienone is 2. The Bertz CT molecular complexity index is 1050. The van der Waals surface area contributed by atoms with Crippen LogP contribution >= 0.6 is 11.8 Å². The zero-order valence-electron chi connectivity index (χ0n) is 15.5. The maximum absolute atomic E-state index is 13.3. The second kappa shape index (κ2) is 8.18. The lowest BCUT2D eigenvalue weighted by atomic mass is 9.81. The Labute approximate surface area is 170 Å². The molecule has 7 heteroatoms. The average molecular weight is 414 g/mol. The predicted molar refractivity (Wildman–Crippen MR) is 107 cm³/mol. The first-order valence-electron chi connectivity index (χ1n) is 8.85. The lowest BCUT2D eigenvalue weighted by molar-refractivity contribution is -0.137. The first-order valence-corrected chi connectivity index (χ1v) is 9.67. The van der Waals surface area contributed by atoms with Gasteiger partial charge in [-0.05, 0) is 17.2 Å². The number of ketones is 1. The van der Waals surface area contributed by atoms with Gasteiger partial charge in [-0.1, -0.05) is 67.2 Å². The molecule has 2 aromatic carbocycles. The minimum atomic E-state index is -4.54. The molecule has 0 aromatic heterocycles. The maximum atomic E-state index is 13.3. The molecule has 1 unspecified atom stereocenters. The molecule has 2 aromatic rings. The van der Waals surface area contributed by atoms with Crippen molar-refractivity contribution in [2.24, 2.45) is 5.73 Å². The van der Waals surface area contributed by atoms with Gasteiger partial charge in [-0.3, -0.25) is 4.79 Å². The van der Waals surface area contributed by atoms with E-state index in [9.17, 15) is 23.2 Å². The highest BCUT2D eigenvalue weighted by molar-refractivity contribution is 8.11. The summed E-state index contributed by atoms with van der Waals surface area (Å²) < 4.78 is 39.8. The minimum Gasteiger partial charge on any atom is -0.392 e. The molecule has 0 radical (unpaired) electrons. The molecule has 148 valence electrons. The van der Waals surface area contributed by atoms with E-state index in [1.165, 1.54) is 12.1 Å². The molecule has 3 rings (SSSR count). The van der Waals surface area contributed by atoms with Crippen molar-refractivity contribution in [2.75, 3.05) is 0 Å². The zero-order chi connectivity index (χ0) is 21.2. The number of hydrogen-bond donors (Lipinski definition) is 1. The predicted octanol–water partition coefficient (Wildman–Crippen LogP) is 5.62. The van der Waals surface area contributed by atoms with Crippen LogP contribution in [-0.2, 0) is 11.0 Å². The normalized spacial score (nSPS) is 17.3. The first kappa shape index (κ1) is 20.7. The second-order valence-corrected chi connectivity index (χ2v) is 7.49. The van der Waals surface area contributed by atoms with E-state index >= 15 is 0 Å². The molecule has 29 heavy (non-hydrogen) atoms. The van der Waals surface area contributed by atoms with Crippen molar-refractivity contribution in [1.82, 2.24) is 0 Å². The van der Waals surface area contributed by atoms with Gasteiger partial charge in [-0.15, -0.1) is 0 Å². The highest BCUT2D eigenvalue weighted by Gasteiger charge is 2.37. The van der Waals surface area contributed by atoms with Gasteiger partial charge < -0.3 is 5.73 Å². The Balaban J connectivity index is 2.30. The SMILES string of the molecule is CCC(=O)C1=C(c2ccccc2)SC(N)=C(C#N)C1c1cccc(C(F)(F)F)c1. The van der Waals surface area contributed by atoms with Gasteiger partial charge in [0.1, 0.15) is 0 Å². The van der Waals surface area contributed by atoms with Crippen molar-refractivity contribution in [3.8, 4) is 6.07 Å². The van der Waals surface area contributed by atoms with Crippen molar-refractivity contribution < 1.29 is 18.0 Å². The minimum absolute atomic E-state index is 0.0887. The molecule has 3 nitrogen and oxygen atoms in total. The Kier molecular flexibility index (Phi) is 5.85. The molecular weight excluding hydrogens is 397 g/mol. The van der Waals surface area contributed by atoms with Gasteiger partial charge in [0.15, 0.2) is 5.78 Å². The van der Waals surface area contributed by atoms with Crippen molar-refractivity contribution in [3.63, 3.8) is 0 Å². The Morgan fingerprint density at radius 3 is 2.45 bits per heavy atom. The van der Waals surface area contributed by atoms with Crippen molar-refractivity contribution in [3.05, 3.63) is 87.5 Å². The number of hydrogen-bond acceptors (Lipinski definition) is 4. The van der Waals surface area contributed by atoms with E-state index in [2.05, 4.69) is 0 Å². The number of benzene rings is 2. The number of carbonyl (C=O) groups excluding carboxylic acids is 1. The fourth-order valence-corrected chi connectivity index (χ4v) is 4.36. The van der Waals surface area contributed by atoms with Crippen molar-refractivity contribution >= 4 is 22.5 Å². The summed E-state index contributed by atoms with van der Waals surface area (Å²) >= 11 is 1.10. The number of alkyl halides is 3. The Morgan fingerprint density at radius 1 is 1.17 bits per heavy atom. The molecule has 1 aliphatic heterocycles. The quantitative estimate of drug-likeness (QED) is 0.705. The van der Waals surface area contributed by atoms with Gasteiger partial charge in [0.25, 0.3) is 0 Å². The van der Waals surface area contributed by atoms with Crippen LogP contribution in [0.3, 0.4) is 0 Å². The van der Waals surface area contributed by atoms with Crippen LogP contribution in [0.1, 0.15) is 36.0 Å². The summed E-state index contributed by atoms with van der Waals surface area (Å²) in [5, 5.41) is 9.88. The summed E-state index contributed by atoms with van der Waals surface area (Å²) in [7, 11) is 0. The van der Waals surface area contributed by atoms with Crippen molar-refractivity contribution in [2.45, 2.75) is 25.4 Å². The molecule has 1 aliphatic rings. The molecule has 1 heterocycles. The van der Waals surface area contributed by atoms with Gasteiger partial charge in [-0.2, -0.15) is 18.4 Å². The Morgan fingerprint density at radius 2 is 1.86 bits per heavy atom. The molecule has 0 aliphatic carbocycles. The smallest absolute Gasteiger partial charge is 0.392 e. The third-order valence-electron chi connectivity index (χ3n) is 4.62. The lowest BCUT2D eigenvalue weighted by Gasteiger charge is -2.29. The van der Waals surface area contributed by atoms with Crippen LogP contribution in [0.2, 0.25) is 0 Å². The molecule has 1 atom stereocenters. The summed E-state index contributed by atoms with van der Waals surface area (Å²) in [4.78, 5) is 13.5. The number of thioether (sulfide) groups is 1. The van der Waals surface area contributed by atoms with Crippen LogP contribution in [0, 0.1) is 11.3 Å². The van der Waals surface area contributed by atoms with Crippen LogP contribution in [0.4, 0.5) is 13.2 Å². The highest BCUT2D eigenvalue weighted by atomic mass is 32.2. The first-order chi connectivity index (χ1) is 13.8. The molecule has 2 N–H and O–H groups in total. The van der Waals surface area contributed by atoms with Crippen LogP contribution in [0.15, 0.2) is 70.8 Å². The fraction of sp³-hybridized carbons (Fsp3) is 0.182. The number of rotatable bonds is 4. The molecule has 0 amide bonds. The van der Waals surface area contributed by atoms with Gasteiger partial charge in [0.05, 0.1) is 28.2 Å². The third-order valence-corrected chi connectivity index (χ3v) is 5.72. The number of Topliss-reactive ketones (excluding diaryl/α,β-unsaturated/α-hetero) is 1. The van der Waals surface area contributed by atoms with Crippen molar-refractivity contribution in [1.29, 1.82) is 5.26 Å². The molecule has 0 saturated heterocycles. The summed E-state index contributed by atoms with van der Waals surface area (Å²) in [6.07, 6.45) is -4.39. The second-order valence-electron chi connectivity index (χ2n) is 6.43. The third kappa shape index (κ3) is 4.08. The van der Waals surface area contributed by atoms with E-state index in [0.717, 1.165) is 29.5 Å². The lowest BCUT2D eigenvalue weighted by Crippen LogP contribution is -2.21. The van der Waals surface area contributed by atoms with Gasteiger partial charge in [0, 0.05) is 16.9 Å². The zero-order valence-corrected chi connectivity index (χ0v) is 16.3. The average Bonchev–Trinajstić information content (AvgIpc) is 2.72. The van der Waals surface area contributed by atoms with Crippen LogP contribution in [-0.4, -0.2) is 5.78 Å². The molecular formula is C22H17F3N2OS. The molecule has 0 fully saturated rings.